The summed E-state index contributed by atoms with van der Waals surface area (Å²) < 4.78 is 2.48. The molecular weight excluding hydrogens is 198 g/mol. The fraction of sp³-hybridized carbons (Fsp3) is 0.111. The Kier molecular flexibility index (Phi) is 2.09. The van der Waals surface area contributed by atoms with Gasteiger partial charge in [-0.25, -0.2) is 4.68 Å². The van der Waals surface area contributed by atoms with Gasteiger partial charge in [0.25, 0.3) is 0 Å². The summed E-state index contributed by atoms with van der Waals surface area (Å²) in [7, 11) is 0. The van der Waals surface area contributed by atoms with Crippen LogP contribution < -0.4 is 10.2 Å². The molecule has 1 aromatic carbocycles. The van der Waals surface area contributed by atoms with Gasteiger partial charge in [-0.05, 0) is 12.1 Å². The molecule has 2 N–H and O–H groups in total. The van der Waals surface area contributed by atoms with Crippen LogP contribution in [-0.2, 0) is 4.79 Å². The lowest BCUT2D eigenvalue weighted by Gasteiger charge is -2.03. The molecule has 72 valence electrons. The maximum Gasteiger partial charge on any atom is 0.235 e. The summed E-state index contributed by atoms with van der Waals surface area (Å²) in [6, 6.07) is 7.60. The average Bonchev–Trinajstić information content (AvgIpc) is 2.43. The zero-order chi connectivity index (χ0) is 10.1. The number of carbonyl (C=O) groups excluding carboxylic acids is 1. The molecule has 0 aliphatic carbocycles. The SMILES string of the molecule is CC(=O)Nn1c(=N)sc2ccccc21. The van der Waals surface area contributed by atoms with E-state index in [2.05, 4.69) is 5.43 Å². The van der Waals surface area contributed by atoms with Gasteiger partial charge in [0.2, 0.25) is 10.7 Å². The molecule has 1 heterocycles. The standard InChI is InChI=1S/C9H9N3OS/c1-6(13)11-12-7-4-2-3-5-8(7)14-9(12)10/h2-5,10H,1H3,(H,11,13). The van der Waals surface area contributed by atoms with Crippen LogP contribution in [0.15, 0.2) is 24.3 Å². The summed E-state index contributed by atoms with van der Waals surface area (Å²) in [6.07, 6.45) is 0. The molecule has 0 atom stereocenters. The number of carbonyl (C=O) groups is 1. The van der Waals surface area contributed by atoms with Gasteiger partial charge in [0, 0.05) is 6.92 Å². The second-order valence-corrected chi connectivity index (χ2v) is 3.91. The third-order valence-corrected chi connectivity index (χ3v) is 2.73. The summed E-state index contributed by atoms with van der Waals surface area (Å²) in [5, 5.41) is 7.66. The lowest BCUT2D eigenvalue weighted by molar-refractivity contribution is -0.115. The van der Waals surface area contributed by atoms with E-state index in [1.807, 2.05) is 24.3 Å². The molecular formula is C9H9N3OS. The van der Waals surface area contributed by atoms with E-state index in [1.165, 1.54) is 22.9 Å². The smallest absolute Gasteiger partial charge is 0.235 e. The van der Waals surface area contributed by atoms with Crippen LogP contribution in [0.1, 0.15) is 6.92 Å². The van der Waals surface area contributed by atoms with E-state index in [0.29, 0.717) is 4.80 Å². The van der Waals surface area contributed by atoms with Crippen molar-refractivity contribution in [2.75, 3.05) is 5.43 Å². The third-order valence-electron chi connectivity index (χ3n) is 1.79. The van der Waals surface area contributed by atoms with Crippen molar-refractivity contribution in [3.8, 4) is 0 Å². The van der Waals surface area contributed by atoms with Crippen LogP contribution >= 0.6 is 11.3 Å². The van der Waals surface area contributed by atoms with Crippen LogP contribution in [0.5, 0.6) is 0 Å². The lowest BCUT2D eigenvalue weighted by atomic mass is 10.3. The maximum absolute atomic E-state index is 10.9. The maximum atomic E-state index is 10.9. The number of para-hydroxylation sites is 1. The van der Waals surface area contributed by atoms with Gasteiger partial charge in [-0.15, -0.1) is 0 Å². The van der Waals surface area contributed by atoms with Crippen LogP contribution in [-0.4, -0.2) is 10.6 Å². The average molecular weight is 207 g/mol. The van der Waals surface area contributed by atoms with Crippen molar-refractivity contribution in [1.82, 2.24) is 4.68 Å². The molecule has 0 fully saturated rings. The fourth-order valence-electron chi connectivity index (χ4n) is 1.26. The zero-order valence-corrected chi connectivity index (χ0v) is 8.39. The summed E-state index contributed by atoms with van der Waals surface area (Å²) in [4.78, 5) is 11.2. The number of nitrogens with zero attached hydrogens (tertiary/aromatic N) is 1. The first-order valence-corrected chi connectivity index (χ1v) is 4.93. The Labute approximate surface area is 84.3 Å². The summed E-state index contributed by atoms with van der Waals surface area (Å²) in [6.45, 7) is 1.43. The summed E-state index contributed by atoms with van der Waals surface area (Å²) in [5.41, 5.74) is 3.46. The molecule has 0 radical (unpaired) electrons. The summed E-state index contributed by atoms with van der Waals surface area (Å²) in [5.74, 6) is -0.174. The van der Waals surface area contributed by atoms with Gasteiger partial charge in [0.1, 0.15) is 0 Å². The van der Waals surface area contributed by atoms with Gasteiger partial charge in [-0.2, -0.15) is 0 Å². The Morgan fingerprint density at radius 1 is 1.50 bits per heavy atom. The highest BCUT2D eigenvalue weighted by molar-refractivity contribution is 7.16. The molecule has 14 heavy (non-hydrogen) atoms. The van der Waals surface area contributed by atoms with Gasteiger partial charge in [0.15, 0.2) is 0 Å². The normalized spacial score (nSPS) is 10.4. The van der Waals surface area contributed by atoms with Crippen molar-refractivity contribution in [1.29, 1.82) is 5.41 Å². The topological polar surface area (TPSA) is 57.9 Å². The second kappa shape index (κ2) is 3.26. The van der Waals surface area contributed by atoms with Crippen LogP contribution in [0.4, 0.5) is 0 Å². The molecule has 1 aromatic heterocycles. The first kappa shape index (κ1) is 8.96. The van der Waals surface area contributed by atoms with Gasteiger partial charge < -0.3 is 0 Å². The molecule has 2 aromatic rings. The van der Waals surface area contributed by atoms with Gasteiger partial charge >= 0.3 is 0 Å². The van der Waals surface area contributed by atoms with Crippen molar-refractivity contribution in [2.24, 2.45) is 0 Å². The Morgan fingerprint density at radius 3 is 2.93 bits per heavy atom. The largest absolute Gasteiger partial charge is 0.274 e. The van der Waals surface area contributed by atoms with E-state index in [9.17, 15) is 4.79 Å². The number of benzene rings is 1. The molecule has 0 aliphatic rings. The second-order valence-electron chi connectivity index (χ2n) is 2.88. The van der Waals surface area contributed by atoms with Crippen molar-refractivity contribution in [3.63, 3.8) is 0 Å². The van der Waals surface area contributed by atoms with E-state index in [-0.39, 0.29) is 5.91 Å². The molecule has 0 saturated carbocycles. The minimum absolute atomic E-state index is 0.174. The molecule has 2 rings (SSSR count). The van der Waals surface area contributed by atoms with Crippen molar-refractivity contribution in [2.45, 2.75) is 6.92 Å². The molecule has 1 amide bonds. The van der Waals surface area contributed by atoms with Crippen molar-refractivity contribution in [3.05, 3.63) is 29.1 Å². The van der Waals surface area contributed by atoms with Crippen LogP contribution in [0.2, 0.25) is 0 Å². The Hall–Kier alpha value is -1.62. The molecule has 5 heteroatoms. The fourth-order valence-corrected chi connectivity index (χ4v) is 2.11. The molecule has 0 aliphatic heterocycles. The van der Waals surface area contributed by atoms with E-state index >= 15 is 0 Å². The molecule has 0 unspecified atom stereocenters. The minimum Gasteiger partial charge on any atom is -0.274 e. The number of nitrogens with one attached hydrogen (secondary N) is 2. The van der Waals surface area contributed by atoms with Gasteiger partial charge in [0.05, 0.1) is 10.2 Å². The van der Waals surface area contributed by atoms with E-state index in [4.69, 9.17) is 5.41 Å². The highest BCUT2D eigenvalue weighted by Gasteiger charge is 2.04. The number of thiazole rings is 1. The van der Waals surface area contributed by atoms with E-state index in [1.54, 1.807) is 0 Å². The van der Waals surface area contributed by atoms with E-state index in [0.717, 1.165) is 10.2 Å². The van der Waals surface area contributed by atoms with Gasteiger partial charge in [-0.3, -0.25) is 15.6 Å². The van der Waals surface area contributed by atoms with Crippen molar-refractivity contribution >= 4 is 27.5 Å². The van der Waals surface area contributed by atoms with Gasteiger partial charge in [-0.1, -0.05) is 23.5 Å². The molecule has 0 spiro atoms. The molecule has 0 bridgehead atoms. The zero-order valence-electron chi connectivity index (χ0n) is 7.57. The van der Waals surface area contributed by atoms with Crippen LogP contribution in [0.3, 0.4) is 0 Å². The highest BCUT2D eigenvalue weighted by atomic mass is 32.1. The minimum atomic E-state index is -0.174. The predicted octanol–water partition coefficient (Wildman–Crippen LogP) is 1.27. The Morgan fingerprint density at radius 2 is 2.21 bits per heavy atom. The quantitative estimate of drug-likeness (QED) is 0.727. The number of rotatable bonds is 1. The highest BCUT2D eigenvalue weighted by Crippen LogP contribution is 2.14. The first-order valence-electron chi connectivity index (χ1n) is 4.11. The molecule has 0 saturated heterocycles. The van der Waals surface area contributed by atoms with Crippen LogP contribution in [0.25, 0.3) is 10.2 Å². The van der Waals surface area contributed by atoms with Crippen LogP contribution in [0, 0.1) is 5.41 Å². The third kappa shape index (κ3) is 1.42. The number of aromatic nitrogens is 1. The monoisotopic (exact) mass is 207 g/mol. The molecule has 4 nitrogen and oxygen atoms in total. The number of hydrogen-bond acceptors (Lipinski definition) is 3. The number of hydrogen-bond donors (Lipinski definition) is 2. The van der Waals surface area contributed by atoms with E-state index < -0.39 is 0 Å². The summed E-state index contributed by atoms with van der Waals surface area (Å²) >= 11 is 1.34. The number of fused-ring (bicyclic) bond motifs is 1. The van der Waals surface area contributed by atoms with Crippen molar-refractivity contribution < 1.29 is 4.79 Å². The number of amides is 1. The Bertz CT molecular complexity index is 540. The lowest BCUT2D eigenvalue weighted by Crippen LogP contribution is -2.27. The first-order chi connectivity index (χ1) is 6.68. The Balaban J connectivity index is 2.68. The predicted molar refractivity (Wildman–Crippen MR) is 55.7 cm³/mol.